The first-order chi connectivity index (χ1) is 19.0. The second-order valence-corrected chi connectivity index (χ2v) is 12.3. The van der Waals surface area contributed by atoms with E-state index >= 15 is 0 Å². The minimum Gasteiger partial charge on any atom is -0.354 e. The highest BCUT2D eigenvalue weighted by Gasteiger charge is 2.34. The van der Waals surface area contributed by atoms with E-state index < -0.39 is 28.5 Å². The van der Waals surface area contributed by atoms with Gasteiger partial charge in [-0.1, -0.05) is 79.0 Å². The molecular weight excluding hydrogens is 569 g/mol. The molecule has 10 heteroatoms. The maximum Gasteiger partial charge on any atom is 0.264 e. The number of benzene rings is 3. The molecule has 1 N–H and O–H groups in total. The zero-order valence-electron chi connectivity index (χ0n) is 23.2. The summed E-state index contributed by atoms with van der Waals surface area (Å²) in [4.78, 5) is 28.8. The summed E-state index contributed by atoms with van der Waals surface area (Å²) >= 11 is 12.3. The van der Waals surface area contributed by atoms with Gasteiger partial charge < -0.3 is 10.2 Å². The number of carbonyl (C=O) groups excluding carboxylic acids is 2. The van der Waals surface area contributed by atoms with Crippen molar-refractivity contribution in [2.24, 2.45) is 0 Å². The lowest BCUT2D eigenvalue weighted by molar-refractivity contribution is -0.140. The number of hydrogen-bond donors (Lipinski definition) is 1. The molecule has 0 bridgehead atoms. The van der Waals surface area contributed by atoms with Crippen LogP contribution in [-0.2, 0) is 26.2 Å². The van der Waals surface area contributed by atoms with Gasteiger partial charge in [-0.2, -0.15) is 0 Å². The van der Waals surface area contributed by atoms with Gasteiger partial charge in [0.1, 0.15) is 12.6 Å². The lowest BCUT2D eigenvalue weighted by atomic mass is 10.1. The van der Waals surface area contributed by atoms with E-state index in [1.165, 1.54) is 17.0 Å². The number of anilines is 1. The molecule has 0 saturated heterocycles. The van der Waals surface area contributed by atoms with Crippen molar-refractivity contribution >= 4 is 50.7 Å². The summed E-state index contributed by atoms with van der Waals surface area (Å²) in [6.07, 6.45) is 1.07. The van der Waals surface area contributed by atoms with E-state index in [0.717, 1.165) is 16.3 Å². The molecule has 3 rings (SSSR count). The standard InChI is InChI=1S/C30H35Cl2N3O4S/c1-5-16-33-30(37)27(6-2)34(19-23-13-14-25(31)26(32)18-23)29(36)20-35(28-15-12-21(3)17-22(28)4)40(38,39)24-10-8-7-9-11-24/h7-15,17-18,27H,5-6,16,19-20H2,1-4H3,(H,33,37)/t27-/m1/s1. The lowest BCUT2D eigenvalue weighted by Gasteiger charge is -2.33. The Morgan fingerprint density at radius 2 is 1.62 bits per heavy atom. The van der Waals surface area contributed by atoms with E-state index in [2.05, 4.69) is 5.32 Å². The van der Waals surface area contributed by atoms with E-state index in [1.807, 2.05) is 26.8 Å². The molecule has 214 valence electrons. The molecule has 1 atom stereocenters. The van der Waals surface area contributed by atoms with Gasteiger partial charge in [0.15, 0.2) is 0 Å². The fourth-order valence-corrected chi connectivity index (χ4v) is 6.26. The van der Waals surface area contributed by atoms with Gasteiger partial charge in [-0.05, 0) is 68.1 Å². The average molecular weight is 605 g/mol. The number of nitrogens with zero attached hydrogens (tertiary/aromatic N) is 2. The van der Waals surface area contributed by atoms with Crippen molar-refractivity contribution in [3.05, 3.63) is 93.5 Å². The second-order valence-electron chi connectivity index (χ2n) is 9.60. The molecule has 3 aromatic carbocycles. The highest BCUT2D eigenvalue weighted by molar-refractivity contribution is 7.92. The zero-order chi connectivity index (χ0) is 29.4. The third kappa shape index (κ3) is 7.56. The predicted octanol–water partition coefficient (Wildman–Crippen LogP) is 6.14. The quantitative estimate of drug-likeness (QED) is 0.269. The molecule has 0 aliphatic carbocycles. The molecule has 0 heterocycles. The monoisotopic (exact) mass is 603 g/mol. The largest absolute Gasteiger partial charge is 0.354 e. The number of hydrogen-bond acceptors (Lipinski definition) is 4. The Labute approximate surface area is 247 Å². The summed E-state index contributed by atoms with van der Waals surface area (Å²) in [7, 11) is -4.12. The van der Waals surface area contributed by atoms with Crippen LogP contribution in [0, 0.1) is 13.8 Å². The fraction of sp³-hybridized carbons (Fsp3) is 0.333. The normalized spacial score (nSPS) is 12.1. The van der Waals surface area contributed by atoms with Crippen LogP contribution in [0.1, 0.15) is 43.4 Å². The summed E-state index contributed by atoms with van der Waals surface area (Å²) < 4.78 is 29.0. The SMILES string of the molecule is CCCNC(=O)[C@@H](CC)N(Cc1ccc(Cl)c(Cl)c1)C(=O)CN(c1ccc(C)cc1C)S(=O)(=O)c1ccccc1. The average Bonchev–Trinajstić information content (AvgIpc) is 2.93. The van der Waals surface area contributed by atoms with Crippen molar-refractivity contribution in [3.63, 3.8) is 0 Å². The first kappa shape index (κ1) is 31.5. The second kappa shape index (κ2) is 14.0. The Hall–Kier alpha value is -3.07. The van der Waals surface area contributed by atoms with Crippen LogP contribution in [0.2, 0.25) is 10.0 Å². The molecule has 7 nitrogen and oxygen atoms in total. The van der Waals surface area contributed by atoms with E-state index in [1.54, 1.807) is 55.5 Å². The number of rotatable bonds is 12. The van der Waals surface area contributed by atoms with Crippen LogP contribution in [0.3, 0.4) is 0 Å². The molecule has 0 radical (unpaired) electrons. The Kier molecular flexibility index (Phi) is 11.0. The molecule has 3 aromatic rings. The van der Waals surface area contributed by atoms with Crippen LogP contribution in [0.25, 0.3) is 0 Å². The van der Waals surface area contributed by atoms with Crippen molar-refractivity contribution in [1.82, 2.24) is 10.2 Å². The third-order valence-electron chi connectivity index (χ3n) is 6.50. The van der Waals surface area contributed by atoms with Gasteiger partial charge in [-0.25, -0.2) is 8.42 Å². The molecule has 2 amide bonds. The van der Waals surface area contributed by atoms with Gasteiger partial charge in [0.2, 0.25) is 11.8 Å². The van der Waals surface area contributed by atoms with Crippen LogP contribution < -0.4 is 9.62 Å². The first-order valence-corrected chi connectivity index (χ1v) is 15.3. The van der Waals surface area contributed by atoms with E-state index in [-0.39, 0.29) is 17.3 Å². The number of sulfonamides is 1. The molecule has 0 aliphatic rings. The molecule has 0 spiro atoms. The number of carbonyl (C=O) groups is 2. The summed E-state index contributed by atoms with van der Waals surface area (Å²) in [6, 6.07) is 17.5. The molecule has 0 aromatic heterocycles. The Morgan fingerprint density at radius 1 is 0.925 bits per heavy atom. The minimum absolute atomic E-state index is 0.0415. The van der Waals surface area contributed by atoms with E-state index in [4.69, 9.17) is 23.2 Å². The van der Waals surface area contributed by atoms with Gasteiger partial charge in [0.05, 0.1) is 20.6 Å². The van der Waals surface area contributed by atoms with Crippen LogP contribution in [-0.4, -0.2) is 44.3 Å². The lowest BCUT2D eigenvalue weighted by Crippen LogP contribution is -2.52. The molecule has 40 heavy (non-hydrogen) atoms. The topological polar surface area (TPSA) is 86.8 Å². The summed E-state index contributed by atoms with van der Waals surface area (Å²) in [6.45, 7) is 7.48. The summed E-state index contributed by atoms with van der Waals surface area (Å²) in [5.41, 5.74) is 2.72. The smallest absolute Gasteiger partial charge is 0.264 e. The molecule has 0 fully saturated rings. The van der Waals surface area contributed by atoms with Crippen molar-refractivity contribution in [1.29, 1.82) is 0 Å². The molecule has 0 saturated carbocycles. The number of aryl methyl sites for hydroxylation is 2. The highest BCUT2D eigenvalue weighted by atomic mass is 35.5. The Balaban J connectivity index is 2.09. The number of nitrogens with one attached hydrogen (secondary N) is 1. The third-order valence-corrected chi connectivity index (χ3v) is 9.02. The van der Waals surface area contributed by atoms with Crippen LogP contribution >= 0.6 is 23.2 Å². The van der Waals surface area contributed by atoms with Gasteiger partial charge >= 0.3 is 0 Å². The maximum atomic E-state index is 14.1. The highest BCUT2D eigenvalue weighted by Crippen LogP contribution is 2.29. The van der Waals surface area contributed by atoms with E-state index in [9.17, 15) is 18.0 Å². The van der Waals surface area contributed by atoms with Gasteiger partial charge in [0.25, 0.3) is 10.0 Å². The molecule has 0 unspecified atom stereocenters. The zero-order valence-corrected chi connectivity index (χ0v) is 25.5. The van der Waals surface area contributed by atoms with Crippen molar-refractivity contribution < 1.29 is 18.0 Å². The minimum atomic E-state index is -4.12. The Morgan fingerprint density at radius 3 is 2.23 bits per heavy atom. The van der Waals surface area contributed by atoms with Crippen molar-refractivity contribution in [3.8, 4) is 0 Å². The molecule has 0 aliphatic heterocycles. The van der Waals surface area contributed by atoms with Crippen LogP contribution in [0.15, 0.2) is 71.6 Å². The molecular formula is C30H35Cl2N3O4S. The fourth-order valence-electron chi connectivity index (χ4n) is 4.44. The first-order valence-electron chi connectivity index (χ1n) is 13.2. The van der Waals surface area contributed by atoms with Crippen LogP contribution in [0.5, 0.6) is 0 Å². The van der Waals surface area contributed by atoms with Gasteiger partial charge in [0, 0.05) is 13.1 Å². The predicted molar refractivity (Wildman–Crippen MR) is 161 cm³/mol. The number of halogens is 2. The summed E-state index contributed by atoms with van der Waals surface area (Å²) in [5, 5.41) is 3.55. The van der Waals surface area contributed by atoms with E-state index in [0.29, 0.717) is 39.8 Å². The van der Waals surface area contributed by atoms with Gasteiger partial charge in [-0.3, -0.25) is 13.9 Å². The number of amides is 2. The van der Waals surface area contributed by atoms with Crippen molar-refractivity contribution in [2.45, 2.75) is 58.0 Å². The Bertz CT molecular complexity index is 1450. The summed E-state index contributed by atoms with van der Waals surface area (Å²) in [5.74, 6) is -0.828. The van der Waals surface area contributed by atoms with Gasteiger partial charge in [-0.15, -0.1) is 0 Å². The van der Waals surface area contributed by atoms with Crippen LogP contribution in [0.4, 0.5) is 5.69 Å². The maximum absolute atomic E-state index is 14.1. The van der Waals surface area contributed by atoms with Crippen molar-refractivity contribution in [2.75, 3.05) is 17.4 Å².